The Bertz CT molecular complexity index is 1320. The number of rotatable bonds is 4. The third-order valence-corrected chi connectivity index (χ3v) is 15.6. The second kappa shape index (κ2) is 13.2. The van der Waals surface area contributed by atoms with Crippen molar-refractivity contribution in [3.8, 4) is 0 Å². The number of fused-ring (bicyclic) bond motifs is 7. The Balaban J connectivity index is 0.978. The third kappa shape index (κ3) is 5.67. The van der Waals surface area contributed by atoms with E-state index >= 15 is 0 Å². The lowest BCUT2D eigenvalue weighted by Gasteiger charge is -2.60. The standard InChI is InChI=1S/C39H62O12/c1-17-9-12-39(46-16-17)18(2)28-26(51-39)15-25-23-8-7-21-13-22(14-27(40)38(21,6)24(23)10-11-37(25,28)5)49-36-34(32(44)30(42)20(4)48-36)50-35-33(45)31(43)29(41)19(3)47-35/h7,17-20,22-36,40-45H,8-16H2,1-6H3. The van der Waals surface area contributed by atoms with Gasteiger partial charge in [0.15, 0.2) is 18.4 Å². The third-order valence-electron chi connectivity index (χ3n) is 15.6. The zero-order chi connectivity index (χ0) is 36.4. The average molecular weight is 723 g/mol. The maximum atomic E-state index is 12.1. The molecule has 12 heteroatoms. The van der Waals surface area contributed by atoms with Crippen LogP contribution in [0.5, 0.6) is 0 Å². The van der Waals surface area contributed by atoms with Gasteiger partial charge in [-0.2, -0.15) is 0 Å². The quantitative estimate of drug-likeness (QED) is 0.234. The molecule has 22 unspecified atom stereocenters. The number of allylic oxidation sites excluding steroid dienone is 1. The van der Waals surface area contributed by atoms with Crippen LogP contribution in [0.4, 0.5) is 0 Å². The van der Waals surface area contributed by atoms with Crippen LogP contribution in [0.1, 0.15) is 92.9 Å². The van der Waals surface area contributed by atoms with Crippen molar-refractivity contribution in [1.82, 2.24) is 0 Å². The molecule has 7 fully saturated rings. The molecular weight excluding hydrogens is 660 g/mol. The van der Waals surface area contributed by atoms with Gasteiger partial charge in [0, 0.05) is 24.2 Å². The Labute approximate surface area is 301 Å². The van der Waals surface area contributed by atoms with Gasteiger partial charge >= 0.3 is 0 Å². The van der Waals surface area contributed by atoms with Gasteiger partial charge in [0.2, 0.25) is 0 Å². The van der Waals surface area contributed by atoms with Crippen LogP contribution in [-0.4, -0.2) is 123 Å². The van der Waals surface area contributed by atoms with E-state index < -0.39 is 84.8 Å². The maximum absolute atomic E-state index is 12.1. The normalized spacial score (nSPS) is 59.8. The molecule has 0 bridgehead atoms. The Kier molecular flexibility index (Phi) is 9.62. The molecule has 51 heavy (non-hydrogen) atoms. The van der Waals surface area contributed by atoms with E-state index in [1.54, 1.807) is 13.8 Å². The van der Waals surface area contributed by atoms with Crippen LogP contribution in [0.15, 0.2) is 11.6 Å². The van der Waals surface area contributed by atoms with Gasteiger partial charge in [-0.15, -0.1) is 0 Å². The molecule has 4 aliphatic heterocycles. The summed E-state index contributed by atoms with van der Waals surface area (Å²) in [7, 11) is 0. The summed E-state index contributed by atoms with van der Waals surface area (Å²) in [6, 6.07) is 0. The van der Waals surface area contributed by atoms with Crippen molar-refractivity contribution < 1.29 is 59.1 Å². The first-order valence-corrected chi connectivity index (χ1v) is 19.8. The number of ether oxygens (including phenoxy) is 6. The first kappa shape index (κ1) is 37.2. The Morgan fingerprint density at radius 1 is 0.765 bits per heavy atom. The summed E-state index contributed by atoms with van der Waals surface area (Å²) in [4.78, 5) is 0. The molecule has 8 aliphatic rings. The summed E-state index contributed by atoms with van der Waals surface area (Å²) < 4.78 is 37.6. The van der Waals surface area contributed by atoms with Gasteiger partial charge in [-0.05, 0) is 87.4 Å². The van der Waals surface area contributed by atoms with Gasteiger partial charge < -0.3 is 59.1 Å². The second-order valence-corrected chi connectivity index (χ2v) is 18.3. The predicted octanol–water partition coefficient (Wildman–Crippen LogP) is 2.39. The molecule has 3 saturated carbocycles. The van der Waals surface area contributed by atoms with E-state index in [0.717, 1.165) is 45.1 Å². The van der Waals surface area contributed by atoms with Crippen LogP contribution in [0.2, 0.25) is 0 Å². The molecule has 8 rings (SSSR count). The van der Waals surface area contributed by atoms with Crippen LogP contribution < -0.4 is 0 Å². The Morgan fingerprint density at radius 2 is 1.47 bits per heavy atom. The second-order valence-electron chi connectivity index (χ2n) is 18.3. The molecule has 0 aromatic carbocycles. The zero-order valence-electron chi connectivity index (χ0n) is 31.0. The summed E-state index contributed by atoms with van der Waals surface area (Å²) in [6.07, 6.45) is -3.92. The average Bonchev–Trinajstić information content (AvgIpc) is 3.54. The number of aliphatic hydroxyl groups is 6. The van der Waals surface area contributed by atoms with E-state index in [2.05, 4.69) is 33.8 Å². The summed E-state index contributed by atoms with van der Waals surface area (Å²) >= 11 is 0. The van der Waals surface area contributed by atoms with Crippen molar-refractivity contribution in [2.75, 3.05) is 6.61 Å². The minimum Gasteiger partial charge on any atom is -0.392 e. The predicted molar refractivity (Wildman–Crippen MR) is 182 cm³/mol. The summed E-state index contributed by atoms with van der Waals surface area (Å²) in [5.74, 6) is 2.30. The molecule has 4 aliphatic carbocycles. The van der Waals surface area contributed by atoms with Gasteiger partial charge in [-0.3, -0.25) is 0 Å². The fourth-order valence-electron chi connectivity index (χ4n) is 12.5. The van der Waals surface area contributed by atoms with Crippen LogP contribution in [-0.2, 0) is 28.4 Å². The highest BCUT2D eigenvalue weighted by Gasteiger charge is 2.69. The van der Waals surface area contributed by atoms with Gasteiger partial charge in [-0.25, -0.2) is 0 Å². The molecule has 6 N–H and O–H groups in total. The molecule has 22 atom stereocenters. The van der Waals surface area contributed by atoms with Gasteiger partial charge in [0.25, 0.3) is 0 Å². The van der Waals surface area contributed by atoms with Gasteiger partial charge in [0.1, 0.15) is 36.6 Å². The molecule has 4 heterocycles. The highest BCUT2D eigenvalue weighted by Crippen LogP contribution is 2.70. The first-order chi connectivity index (χ1) is 24.1. The molecule has 1 spiro atoms. The number of hydrogen-bond acceptors (Lipinski definition) is 12. The van der Waals surface area contributed by atoms with Crippen LogP contribution in [0.25, 0.3) is 0 Å². The minimum atomic E-state index is -1.60. The largest absolute Gasteiger partial charge is 0.392 e. The van der Waals surface area contributed by atoms with Crippen molar-refractivity contribution in [2.45, 2.75) is 178 Å². The van der Waals surface area contributed by atoms with Crippen LogP contribution in [0, 0.1) is 46.3 Å². The SMILES string of the molecule is CC1CCC2(OC1)OC1CC3C4CC=C5CC(OC6OC(C)C(O)C(O)C6OC6OC(C)C(O)C(O)C6O)CC(O)C5(C)C4CCC3(C)C1C2C. The van der Waals surface area contributed by atoms with Gasteiger partial charge in [-0.1, -0.05) is 39.3 Å². The van der Waals surface area contributed by atoms with E-state index in [1.165, 1.54) is 5.57 Å². The lowest BCUT2D eigenvalue weighted by molar-refractivity contribution is -0.367. The molecule has 0 aromatic rings. The molecule has 0 aromatic heterocycles. The molecule has 12 nitrogen and oxygen atoms in total. The van der Waals surface area contributed by atoms with E-state index in [1.807, 2.05) is 0 Å². The summed E-state index contributed by atoms with van der Waals surface area (Å²) in [5, 5.41) is 65.0. The highest BCUT2D eigenvalue weighted by molar-refractivity contribution is 5.28. The van der Waals surface area contributed by atoms with E-state index in [-0.39, 0.29) is 11.5 Å². The fraction of sp³-hybridized carbons (Fsp3) is 0.949. The van der Waals surface area contributed by atoms with Crippen LogP contribution >= 0.6 is 0 Å². The van der Waals surface area contributed by atoms with E-state index in [0.29, 0.717) is 48.3 Å². The van der Waals surface area contributed by atoms with Crippen molar-refractivity contribution in [1.29, 1.82) is 0 Å². The molecule has 0 amide bonds. The molecule has 290 valence electrons. The minimum absolute atomic E-state index is 0.172. The first-order valence-electron chi connectivity index (χ1n) is 19.8. The number of hydrogen-bond donors (Lipinski definition) is 6. The lowest BCUT2D eigenvalue weighted by atomic mass is 9.46. The zero-order valence-corrected chi connectivity index (χ0v) is 31.0. The van der Waals surface area contributed by atoms with E-state index in [9.17, 15) is 30.6 Å². The smallest absolute Gasteiger partial charge is 0.187 e. The Hall–Kier alpha value is -0.740. The summed E-state index contributed by atoms with van der Waals surface area (Å²) in [6.45, 7) is 13.3. The topological polar surface area (TPSA) is 177 Å². The van der Waals surface area contributed by atoms with Gasteiger partial charge in [0.05, 0.1) is 37.1 Å². The van der Waals surface area contributed by atoms with E-state index in [4.69, 9.17) is 28.4 Å². The van der Waals surface area contributed by atoms with Crippen molar-refractivity contribution in [3.63, 3.8) is 0 Å². The molecule has 4 saturated heterocycles. The molecule has 0 radical (unpaired) electrons. The van der Waals surface area contributed by atoms with Crippen LogP contribution in [0.3, 0.4) is 0 Å². The van der Waals surface area contributed by atoms with Crippen molar-refractivity contribution in [2.24, 2.45) is 46.3 Å². The number of aliphatic hydroxyl groups excluding tert-OH is 6. The van der Waals surface area contributed by atoms with Crippen molar-refractivity contribution in [3.05, 3.63) is 11.6 Å². The Morgan fingerprint density at radius 3 is 2.18 bits per heavy atom. The van der Waals surface area contributed by atoms with Crippen molar-refractivity contribution >= 4 is 0 Å². The maximum Gasteiger partial charge on any atom is 0.187 e. The lowest BCUT2D eigenvalue weighted by Crippen LogP contribution is -2.64. The highest BCUT2D eigenvalue weighted by atomic mass is 16.8. The fourth-order valence-corrected chi connectivity index (χ4v) is 12.5. The molecular formula is C39H62O12. The summed E-state index contributed by atoms with van der Waals surface area (Å²) in [5.41, 5.74) is 0.976. The monoisotopic (exact) mass is 722 g/mol.